The molecule has 1 amide bonds. The Morgan fingerprint density at radius 1 is 1.21 bits per heavy atom. The van der Waals surface area contributed by atoms with Gasteiger partial charge < -0.3 is 15.2 Å². The van der Waals surface area contributed by atoms with Crippen molar-refractivity contribution in [2.45, 2.75) is 50.5 Å². The average molecular weight is 413 g/mol. The van der Waals surface area contributed by atoms with E-state index in [0.29, 0.717) is 6.54 Å². The van der Waals surface area contributed by atoms with Gasteiger partial charge >= 0.3 is 6.36 Å². The van der Waals surface area contributed by atoms with Crippen LogP contribution < -0.4 is 10.1 Å². The van der Waals surface area contributed by atoms with Gasteiger partial charge in [-0.25, -0.2) is 0 Å². The minimum atomic E-state index is -4.76. The molecular formula is C20H22F3NO3S. The molecule has 28 heavy (non-hydrogen) atoms. The third kappa shape index (κ3) is 4.86. The van der Waals surface area contributed by atoms with E-state index < -0.39 is 12.5 Å². The van der Waals surface area contributed by atoms with Crippen LogP contribution in [0.1, 0.15) is 58.8 Å². The Labute approximate surface area is 165 Å². The van der Waals surface area contributed by atoms with Crippen LogP contribution in [0.5, 0.6) is 5.75 Å². The number of nitrogens with one attached hydrogen (secondary N) is 1. The number of carbonyl (C=O) groups excluding carboxylic acids is 1. The molecule has 1 aromatic heterocycles. The van der Waals surface area contributed by atoms with Gasteiger partial charge in [-0.3, -0.25) is 4.79 Å². The highest BCUT2D eigenvalue weighted by Gasteiger charge is 2.37. The van der Waals surface area contributed by atoms with Crippen molar-refractivity contribution in [2.24, 2.45) is 0 Å². The van der Waals surface area contributed by atoms with Crippen LogP contribution in [-0.4, -0.2) is 23.9 Å². The highest BCUT2D eigenvalue weighted by atomic mass is 32.1. The Hall–Kier alpha value is -2.06. The second-order valence-corrected chi connectivity index (χ2v) is 8.24. The standard InChI is InChI=1S/C20H22F3NO3S/c1-13(25)16-8-9-17(28-16)19(10-2-3-11-19)12-24-18(26)14-4-6-15(7-5-14)27-20(21,22)23/h4-9,13,25H,2-3,10-12H2,1H3,(H,24,26). The number of benzene rings is 1. The molecule has 2 aromatic rings. The van der Waals surface area contributed by atoms with E-state index in [0.717, 1.165) is 47.6 Å². The van der Waals surface area contributed by atoms with Crippen LogP contribution in [0.4, 0.5) is 13.2 Å². The van der Waals surface area contributed by atoms with Crippen molar-refractivity contribution in [3.8, 4) is 5.75 Å². The molecule has 1 atom stereocenters. The zero-order valence-corrected chi connectivity index (χ0v) is 16.2. The normalized spacial score (nSPS) is 17.3. The van der Waals surface area contributed by atoms with Crippen molar-refractivity contribution < 1.29 is 27.8 Å². The van der Waals surface area contributed by atoms with Crippen LogP contribution in [0.3, 0.4) is 0 Å². The highest BCUT2D eigenvalue weighted by molar-refractivity contribution is 7.12. The zero-order chi connectivity index (χ0) is 20.4. The van der Waals surface area contributed by atoms with Crippen molar-refractivity contribution in [1.82, 2.24) is 5.32 Å². The molecule has 2 N–H and O–H groups in total. The molecule has 4 nitrogen and oxygen atoms in total. The molecule has 0 spiro atoms. The molecule has 1 aliphatic rings. The lowest BCUT2D eigenvalue weighted by atomic mass is 9.84. The average Bonchev–Trinajstić information content (AvgIpc) is 3.29. The predicted octanol–water partition coefficient (Wildman–Crippen LogP) is 4.94. The topological polar surface area (TPSA) is 58.6 Å². The van der Waals surface area contributed by atoms with Crippen molar-refractivity contribution in [3.05, 3.63) is 51.7 Å². The van der Waals surface area contributed by atoms with Crippen molar-refractivity contribution in [1.29, 1.82) is 0 Å². The number of amides is 1. The zero-order valence-electron chi connectivity index (χ0n) is 15.4. The second-order valence-electron chi connectivity index (χ2n) is 7.12. The van der Waals surface area contributed by atoms with Crippen molar-refractivity contribution in [3.63, 3.8) is 0 Å². The Bertz CT molecular complexity index is 809. The molecule has 0 saturated heterocycles. The molecule has 0 radical (unpaired) electrons. The lowest BCUT2D eigenvalue weighted by Crippen LogP contribution is -2.38. The number of aliphatic hydroxyl groups excluding tert-OH is 1. The van der Waals surface area contributed by atoms with Gasteiger partial charge in [0.2, 0.25) is 0 Å². The first-order valence-corrected chi connectivity index (χ1v) is 9.92. The summed E-state index contributed by atoms with van der Waals surface area (Å²) in [7, 11) is 0. The maximum atomic E-state index is 12.5. The molecule has 1 saturated carbocycles. The molecular weight excluding hydrogens is 391 g/mol. The molecule has 0 aliphatic heterocycles. The van der Waals surface area contributed by atoms with E-state index in [2.05, 4.69) is 10.1 Å². The summed E-state index contributed by atoms with van der Waals surface area (Å²) in [4.78, 5) is 14.5. The van der Waals surface area contributed by atoms with Gasteiger partial charge in [0.15, 0.2) is 0 Å². The molecule has 1 heterocycles. The van der Waals surface area contributed by atoms with Crippen molar-refractivity contribution >= 4 is 17.2 Å². The predicted molar refractivity (Wildman–Crippen MR) is 101 cm³/mol. The van der Waals surface area contributed by atoms with Crippen LogP contribution in [0, 0.1) is 0 Å². The first kappa shape index (κ1) is 20.7. The lowest BCUT2D eigenvalue weighted by Gasteiger charge is -2.28. The minimum Gasteiger partial charge on any atom is -0.406 e. The van der Waals surface area contributed by atoms with Gasteiger partial charge in [-0.2, -0.15) is 0 Å². The fourth-order valence-electron chi connectivity index (χ4n) is 3.58. The molecule has 1 aromatic carbocycles. The van der Waals surface area contributed by atoms with E-state index >= 15 is 0 Å². The number of hydrogen-bond acceptors (Lipinski definition) is 4. The number of aliphatic hydroxyl groups is 1. The number of rotatable bonds is 6. The van der Waals surface area contributed by atoms with Crippen LogP contribution in [-0.2, 0) is 5.41 Å². The molecule has 1 aliphatic carbocycles. The van der Waals surface area contributed by atoms with Gasteiger partial charge in [0.1, 0.15) is 5.75 Å². The highest BCUT2D eigenvalue weighted by Crippen LogP contribution is 2.44. The summed E-state index contributed by atoms with van der Waals surface area (Å²) in [6, 6.07) is 8.83. The van der Waals surface area contributed by atoms with Gasteiger partial charge in [0.05, 0.1) is 6.10 Å². The summed E-state index contributed by atoms with van der Waals surface area (Å²) in [6.07, 6.45) is -1.24. The maximum Gasteiger partial charge on any atom is 0.573 e. The Balaban J connectivity index is 1.67. The molecule has 8 heteroatoms. The van der Waals surface area contributed by atoms with Gasteiger partial charge in [-0.05, 0) is 56.2 Å². The van der Waals surface area contributed by atoms with E-state index in [1.807, 2.05) is 12.1 Å². The summed E-state index contributed by atoms with van der Waals surface area (Å²) in [5.41, 5.74) is 0.116. The molecule has 152 valence electrons. The number of hydrogen-bond donors (Lipinski definition) is 2. The SMILES string of the molecule is CC(O)c1ccc(C2(CNC(=O)c3ccc(OC(F)(F)F)cc3)CCCC2)s1. The van der Waals surface area contributed by atoms with E-state index in [-0.39, 0.29) is 22.6 Å². The fourth-order valence-corrected chi connectivity index (χ4v) is 4.77. The quantitative estimate of drug-likeness (QED) is 0.705. The number of alkyl halides is 3. The summed E-state index contributed by atoms with van der Waals surface area (Å²) in [6.45, 7) is 2.18. The number of thiophene rings is 1. The number of ether oxygens (including phenoxy) is 1. The van der Waals surface area contributed by atoms with Gasteiger partial charge in [0.25, 0.3) is 5.91 Å². The van der Waals surface area contributed by atoms with Crippen molar-refractivity contribution in [2.75, 3.05) is 6.54 Å². The van der Waals surface area contributed by atoms with Crippen LogP contribution in [0.2, 0.25) is 0 Å². The van der Waals surface area contributed by atoms with Crippen LogP contribution in [0.25, 0.3) is 0 Å². The summed E-state index contributed by atoms with van der Waals surface area (Å²) in [5.74, 6) is -0.697. The summed E-state index contributed by atoms with van der Waals surface area (Å²) >= 11 is 1.57. The monoisotopic (exact) mass is 413 g/mol. The van der Waals surface area contributed by atoms with E-state index in [9.17, 15) is 23.1 Å². The number of halogens is 3. The maximum absolute atomic E-state index is 12.5. The van der Waals surface area contributed by atoms with E-state index in [4.69, 9.17) is 0 Å². The third-order valence-electron chi connectivity index (χ3n) is 5.06. The second kappa shape index (κ2) is 8.13. The first-order chi connectivity index (χ1) is 13.2. The molecule has 1 fully saturated rings. The first-order valence-electron chi connectivity index (χ1n) is 9.11. The van der Waals surface area contributed by atoms with Gasteiger partial charge in [0, 0.05) is 27.3 Å². The fraction of sp³-hybridized carbons (Fsp3) is 0.450. The van der Waals surface area contributed by atoms with Crippen LogP contribution in [0.15, 0.2) is 36.4 Å². The Morgan fingerprint density at radius 3 is 2.39 bits per heavy atom. The summed E-state index contributed by atoms with van der Waals surface area (Å²) < 4.78 is 40.5. The Kier molecular flexibility index (Phi) is 6.00. The molecule has 1 unspecified atom stereocenters. The van der Waals surface area contributed by atoms with Crippen LogP contribution >= 0.6 is 11.3 Å². The summed E-state index contributed by atoms with van der Waals surface area (Å²) in [5, 5.41) is 12.7. The smallest absolute Gasteiger partial charge is 0.406 e. The number of carbonyl (C=O) groups is 1. The molecule has 0 bridgehead atoms. The minimum absolute atomic E-state index is 0.160. The third-order valence-corrected chi connectivity index (χ3v) is 6.56. The van der Waals surface area contributed by atoms with E-state index in [1.54, 1.807) is 18.3 Å². The lowest BCUT2D eigenvalue weighted by molar-refractivity contribution is -0.274. The van der Waals surface area contributed by atoms with E-state index in [1.165, 1.54) is 12.1 Å². The van der Waals surface area contributed by atoms with Gasteiger partial charge in [-0.15, -0.1) is 24.5 Å². The molecule has 3 rings (SSSR count). The largest absolute Gasteiger partial charge is 0.573 e. The Morgan fingerprint density at radius 2 is 1.86 bits per heavy atom. The van der Waals surface area contributed by atoms with Gasteiger partial charge in [-0.1, -0.05) is 12.8 Å².